The second-order valence-electron chi connectivity index (χ2n) is 6.17. The van der Waals surface area contributed by atoms with Crippen molar-refractivity contribution in [2.24, 2.45) is 0 Å². The van der Waals surface area contributed by atoms with E-state index in [-0.39, 0.29) is 12.2 Å². The van der Waals surface area contributed by atoms with Crippen LogP contribution in [0.3, 0.4) is 0 Å². The van der Waals surface area contributed by atoms with Gasteiger partial charge in [0.05, 0.1) is 11.8 Å². The first kappa shape index (κ1) is 18.6. The summed E-state index contributed by atoms with van der Waals surface area (Å²) < 4.78 is 26.7. The zero-order valence-corrected chi connectivity index (χ0v) is 14.0. The van der Waals surface area contributed by atoms with E-state index in [1.807, 2.05) is 0 Å². The molecule has 8 heteroatoms. The molecular weight excluding hydrogens is 318 g/mol. The fourth-order valence-corrected chi connectivity index (χ4v) is 2.60. The van der Waals surface area contributed by atoms with Crippen molar-refractivity contribution in [2.45, 2.75) is 6.10 Å². The van der Waals surface area contributed by atoms with Crippen LogP contribution in [0.15, 0.2) is 18.2 Å². The molecule has 0 aliphatic carbocycles. The van der Waals surface area contributed by atoms with Crippen molar-refractivity contribution in [2.75, 3.05) is 58.7 Å². The molecule has 0 aromatic heterocycles. The van der Waals surface area contributed by atoms with Crippen molar-refractivity contribution >= 4 is 11.7 Å². The lowest BCUT2D eigenvalue weighted by atomic mass is 10.2. The number of nitrogens with zero attached hydrogens (tertiary/aromatic N) is 3. The number of aliphatic hydroxyl groups is 1. The van der Waals surface area contributed by atoms with Gasteiger partial charge in [0.2, 0.25) is 0 Å². The van der Waals surface area contributed by atoms with Crippen LogP contribution in [0, 0.1) is 11.6 Å². The number of piperazine rings is 1. The molecule has 1 aromatic carbocycles. The first-order chi connectivity index (χ1) is 11.4. The number of urea groups is 1. The number of β-amino-alcohol motifs (C(OH)–C–C–N with tert-alkyl or cyclic N) is 1. The summed E-state index contributed by atoms with van der Waals surface area (Å²) in [6.07, 6.45) is -0.707. The third kappa shape index (κ3) is 5.12. The predicted molar refractivity (Wildman–Crippen MR) is 88.0 cm³/mol. The molecule has 2 amide bonds. The summed E-state index contributed by atoms with van der Waals surface area (Å²) >= 11 is 0. The normalized spacial score (nSPS) is 17.5. The number of likely N-dealkylation sites (N-methyl/N-ethyl adjacent to an activating group) is 2. The van der Waals surface area contributed by atoms with Crippen molar-refractivity contribution in [1.82, 2.24) is 14.7 Å². The van der Waals surface area contributed by atoms with Gasteiger partial charge in [0.1, 0.15) is 0 Å². The number of carbonyl (C=O) groups is 1. The second-order valence-corrected chi connectivity index (χ2v) is 6.17. The molecule has 2 rings (SSSR count). The fraction of sp³-hybridized carbons (Fsp3) is 0.562. The number of aliphatic hydroxyl groups excluding tert-OH is 1. The molecule has 24 heavy (non-hydrogen) atoms. The Hall–Kier alpha value is -1.77. The number of carbonyl (C=O) groups excluding carboxylic acids is 1. The summed E-state index contributed by atoms with van der Waals surface area (Å²) in [4.78, 5) is 17.7. The fourth-order valence-electron chi connectivity index (χ4n) is 2.60. The Balaban J connectivity index is 1.81. The molecule has 1 aliphatic heterocycles. The van der Waals surface area contributed by atoms with Gasteiger partial charge < -0.3 is 20.2 Å². The van der Waals surface area contributed by atoms with Gasteiger partial charge in [0.15, 0.2) is 11.6 Å². The molecule has 0 spiro atoms. The molecule has 1 aromatic rings. The number of hydrogen-bond donors (Lipinski definition) is 2. The summed E-state index contributed by atoms with van der Waals surface area (Å²) in [5.41, 5.74) is -0.222. The van der Waals surface area contributed by atoms with Crippen LogP contribution >= 0.6 is 0 Å². The lowest BCUT2D eigenvalue weighted by Crippen LogP contribution is -2.49. The van der Waals surface area contributed by atoms with Crippen LogP contribution in [0.4, 0.5) is 19.3 Å². The molecule has 134 valence electrons. The molecule has 0 bridgehead atoms. The molecule has 0 saturated carbocycles. The Kier molecular flexibility index (Phi) is 6.47. The topological polar surface area (TPSA) is 59.1 Å². The van der Waals surface area contributed by atoms with Gasteiger partial charge >= 0.3 is 6.03 Å². The summed E-state index contributed by atoms with van der Waals surface area (Å²) in [7, 11) is 3.55. The lowest BCUT2D eigenvalue weighted by Gasteiger charge is -2.34. The van der Waals surface area contributed by atoms with Crippen molar-refractivity contribution in [1.29, 1.82) is 0 Å². The van der Waals surface area contributed by atoms with Gasteiger partial charge in [-0.2, -0.15) is 0 Å². The lowest BCUT2D eigenvalue weighted by molar-refractivity contribution is 0.0670. The predicted octanol–water partition coefficient (Wildman–Crippen LogP) is 1.04. The van der Waals surface area contributed by atoms with Crippen LogP contribution in [-0.2, 0) is 0 Å². The molecule has 6 nitrogen and oxygen atoms in total. The Bertz CT molecular complexity index is 565. The number of hydrogen-bond acceptors (Lipinski definition) is 4. The molecule has 1 heterocycles. The van der Waals surface area contributed by atoms with Crippen LogP contribution in [0.25, 0.3) is 0 Å². The standard InChI is InChI=1S/C16H24F2N4O2/c1-20-6-8-22(9-7-20)11-12(23)10-21(2)16(24)19-14-5-3-4-13(17)15(14)18/h3-5,12,23H,6-11H2,1-2H3,(H,19,24). The third-order valence-electron chi connectivity index (χ3n) is 4.09. The average Bonchev–Trinajstić information content (AvgIpc) is 2.54. The second kappa shape index (κ2) is 8.36. The Morgan fingerprint density at radius 1 is 1.33 bits per heavy atom. The maximum Gasteiger partial charge on any atom is 0.321 e. The van der Waals surface area contributed by atoms with Crippen molar-refractivity contribution < 1.29 is 18.7 Å². The number of rotatable bonds is 5. The number of amides is 2. The van der Waals surface area contributed by atoms with Gasteiger partial charge in [-0.25, -0.2) is 13.6 Å². The minimum atomic E-state index is -1.10. The van der Waals surface area contributed by atoms with Gasteiger partial charge in [-0.3, -0.25) is 4.90 Å². The summed E-state index contributed by atoms with van der Waals surface area (Å²) in [6, 6.07) is 2.98. The summed E-state index contributed by atoms with van der Waals surface area (Å²) in [5, 5.41) is 12.4. The molecule has 1 aliphatic rings. The number of nitrogens with one attached hydrogen (secondary N) is 1. The average molecular weight is 342 g/mol. The Labute approximate surface area is 140 Å². The van der Waals surface area contributed by atoms with E-state index in [1.54, 1.807) is 0 Å². The molecule has 0 radical (unpaired) electrons. The highest BCUT2D eigenvalue weighted by Crippen LogP contribution is 2.16. The van der Waals surface area contributed by atoms with Gasteiger partial charge in [0.25, 0.3) is 0 Å². The Morgan fingerprint density at radius 3 is 2.67 bits per heavy atom. The molecule has 1 saturated heterocycles. The molecule has 2 N–H and O–H groups in total. The van der Waals surface area contributed by atoms with E-state index < -0.39 is 23.8 Å². The number of halogens is 2. The summed E-state index contributed by atoms with van der Waals surface area (Å²) in [5.74, 6) is -2.12. The van der Waals surface area contributed by atoms with Gasteiger partial charge in [-0.05, 0) is 19.2 Å². The van der Waals surface area contributed by atoms with Crippen molar-refractivity contribution in [3.8, 4) is 0 Å². The van der Waals surface area contributed by atoms with Crippen LogP contribution in [-0.4, -0.2) is 85.3 Å². The van der Waals surface area contributed by atoms with Crippen LogP contribution in [0.2, 0.25) is 0 Å². The first-order valence-electron chi connectivity index (χ1n) is 7.92. The van der Waals surface area contributed by atoms with Crippen LogP contribution in [0.1, 0.15) is 0 Å². The Morgan fingerprint density at radius 2 is 2.00 bits per heavy atom. The highest BCUT2D eigenvalue weighted by molar-refractivity contribution is 5.89. The quantitative estimate of drug-likeness (QED) is 0.839. The van der Waals surface area contributed by atoms with E-state index in [0.29, 0.717) is 6.54 Å². The largest absolute Gasteiger partial charge is 0.390 e. The first-order valence-corrected chi connectivity index (χ1v) is 7.92. The third-order valence-corrected chi connectivity index (χ3v) is 4.09. The van der Waals surface area contributed by atoms with E-state index in [4.69, 9.17) is 0 Å². The van der Waals surface area contributed by atoms with E-state index >= 15 is 0 Å². The molecule has 1 unspecified atom stereocenters. The zero-order chi connectivity index (χ0) is 17.7. The molecule has 1 atom stereocenters. The van der Waals surface area contributed by atoms with Crippen molar-refractivity contribution in [3.05, 3.63) is 29.8 Å². The van der Waals surface area contributed by atoms with Gasteiger partial charge in [-0.1, -0.05) is 6.07 Å². The minimum Gasteiger partial charge on any atom is -0.390 e. The highest BCUT2D eigenvalue weighted by Gasteiger charge is 2.20. The maximum atomic E-state index is 13.6. The maximum absolute atomic E-state index is 13.6. The molecule has 1 fully saturated rings. The zero-order valence-electron chi connectivity index (χ0n) is 14.0. The summed E-state index contributed by atoms with van der Waals surface area (Å²) in [6.45, 7) is 4.22. The van der Waals surface area contributed by atoms with Gasteiger partial charge in [0, 0.05) is 46.3 Å². The minimum absolute atomic E-state index is 0.106. The highest BCUT2D eigenvalue weighted by atomic mass is 19.2. The molecular formula is C16H24F2N4O2. The van der Waals surface area contributed by atoms with Crippen molar-refractivity contribution in [3.63, 3.8) is 0 Å². The van der Waals surface area contributed by atoms with Gasteiger partial charge in [-0.15, -0.1) is 0 Å². The number of benzene rings is 1. The van der Waals surface area contributed by atoms with E-state index in [9.17, 15) is 18.7 Å². The van der Waals surface area contributed by atoms with E-state index in [2.05, 4.69) is 22.2 Å². The SMILES string of the molecule is CN1CCN(CC(O)CN(C)C(=O)Nc2cccc(F)c2F)CC1. The van der Waals surface area contributed by atoms with E-state index in [0.717, 1.165) is 32.2 Å². The number of anilines is 1. The van der Waals surface area contributed by atoms with Crippen LogP contribution < -0.4 is 5.32 Å². The monoisotopic (exact) mass is 342 g/mol. The van der Waals surface area contributed by atoms with E-state index in [1.165, 1.54) is 24.1 Å². The smallest absolute Gasteiger partial charge is 0.321 e. The van der Waals surface area contributed by atoms with Crippen LogP contribution in [0.5, 0.6) is 0 Å².